The fourth-order valence-corrected chi connectivity index (χ4v) is 5.77. The number of halogens is 3. The maximum atomic E-state index is 13.7. The van der Waals surface area contributed by atoms with Crippen LogP contribution in [0.15, 0.2) is 41.4 Å². The van der Waals surface area contributed by atoms with E-state index in [0.717, 1.165) is 6.26 Å². The molecule has 12 heteroatoms. The highest BCUT2D eigenvalue weighted by atomic mass is 35.5. The first-order chi connectivity index (χ1) is 17.9. The molecule has 206 valence electrons. The smallest absolute Gasteiger partial charge is 0.255 e. The van der Waals surface area contributed by atoms with Crippen molar-refractivity contribution < 1.29 is 26.8 Å². The van der Waals surface area contributed by atoms with Crippen molar-refractivity contribution in [2.75, 3.05) is 29.6 Å². The monoisotopic (exact) mass is 568 g/mol. The standard InChI is InChI=1S/C26H31ClF2N4O4S/c1-38(36,37)21-14-22(32-25(35)18-4-2-5-19(27)13-18)24(30-16-21)33-10-7-17(8-11-33)12-23(34)31-20-6-3-9-26(28,29)15-20/h2,4-5,13-14,16-17,20H,3,6-12,15H2,1H3,(H,31,34)(H,32,35). The number of hydrogen-bond donors (Lipinski definition) is 2. The first kappa shape index (κ1) is 28.2. The summed E-state index contributed by atoms with van der Waals surface area (Å²) in [5.74, 6) is -2.88. The van der Waals surface area contributed by atoms with Crippen molar-refractivity contribution in [3.8, 4) is 0 Å². The number of alkyl halides is 2. The molecule has 1 saturated carbocycles. The SMILES string of the molecule is CS(=O)(=O)c1cnc(N2CCC(CC(=O)NC3CCCC(F)(F)C3)CC2)c(NC(=O)c2cccc(Cl)c2)c1. The number of benzene rings is 1. The molecular formula is C26H31ClF2N4O4S. The van der Waals surface area contributed by atoms with E-state index in [4.69, 9.17) is 11.6 Å². The summed E-state index contributed by atoms with van der Waals surface area (Å²) in [5.41, 5.74) is 0.570. The lowest BCUT2D eigenvalue weighted by atomic mass is 9.90. The Kier molecular flexibility index (Phi) is 8.56. The molecule has 0 bridgehead atoms. The summed E-state index contributed by atoms with van der Waals surface area (Å²) in [6.07, 6.45) is 4.44. The number of nitrogens with one attached hydrogen (secondary N) is 2. The number of hydrogen-bond acceptors (Lipinski definition) is 6. The van der Waals surface area contributed by atoms with E-state index in [1.165, 1.54) is 18.3 Å². The Labute approximate surface area is 226 Å². The van der Waals surface area contributed by atoms with Gasteiger partial charge in [0.1, 0.15) is 0 Å². The molecule has 2 N–H and O–H groups in total. The minimum Gasteiger partial charge on any atom is -0.355 e. The van der Waals surface area contributed by atoms with Gasteiger partial charge in [-0.05, 0) is 55.9 Å². The fourth-order valence-electron chi connectivity index (χ4n) is 5.00. The first-order valence-corrected chi connectivity index (χ1v) is 14.9. The van der Waals surface area contributed by atoms with Gasteiger partial charge in [-0.2, -0.15) is 0 Å². The fraction of sp³-hybridized carbons (Fsp3) is 0.500. The predicted octanol–water partition coefficient (Wildman–Crippen LogP) is 4.69. The number of carbonyl (C=O) groups is 2. The third-order valence-electron chi connectivity index (χ3n) is 7.00. The molecule has 1 aliphatic carbocycles. The topological polar surface area (TPSA) is 108 Å². The second kappa shape index (κ2) is 11.5. The number of carbonyl (C=O) groups excluding carboxylic acids is 2. The molecule has 2 aliphatic rings. The summed E-state index contributed by atoms with van der Waals surface area (Å²) >= 11 is 6.00. The summed E-state index contributed by atoms with van der Waals surface area (Å²) < 4.78 is 51.6. The van der Waals surface area contributed by atoms with E-state index in [9.17, 15) is 26.8 Å². The lowest BCUT2D eigenvalue weighted by Gasteiger charge is -2.34. The van der Waals surface area contributed by atoms with Gasteiger partial charge in [0.05, 0.1) is 10.6 Å². The highest BCUT2D eigenvalue weighted by Crippen LogP contribution is 2.34. The number of piperidine rings is 1. The van der Waals surface area contributed by atoms with Crippen molar-refractivity contribution in [3.63, 3.8) is 0 Å². The van der Waals surface area contributed by atoms with Gasteiger partial charge < -0.3 is 15.5 Å². The number of nitrogens with zero attached hydrogens (tertiary/aromatic N) is 2. The van der Waals surface area contributed by atoms with Crippen LogP contribution in [0.2, 0.25) is 5.02 Å². The quantitative estimate of drug-likeness (QED) is 0.501. The molecule has 1 aromatic carbocycles. The van der Waals surface area contributed by atoms with Gasteiger partial charge in [0.15, 0.2) is 15.7 Å². The normalized spacial score (nSPS) is 20.1. The van der Waals surface area contributed by atoms with Gasteiger partial charge in [-0.25, -0.2) is 22.2 Å². The van der Waals surface area contributed by atoms with Crippen LogP contribution in [-0.4, -0.2) is 56.5 Å². The molecule has 1 atom stereocenters. The molecule has 1 saturated heterocycles. The lowest BCUT2D eigenvalue weighted by molar-refractivity contribution is -0.124. The zero-order valence-electron chi connectivity index (χ0n) is 21.1. The molecule has 2 fully saturated rings. The largest absolute Gasteiger partial charge is 0.355 e. The molecule has 8 nitrogen and oxygen atoms in total. The molecule has 1 unspecified atom stereocenters. The van der Waals surface area contributed by atoms with E-state index in [0.29, 0.717) is 55.2 Å². The second-order valence-corrected chi connectivity index (χ2v) is 12.6. The minimum absolute atomic E-state index is 0.0255. The van der Waals surface area contributed by atoms with E-state index in [2.05, 4.69) is 15.6 Å². The molecule has 0 radical (unpaired) electrons. The van der Waals surface area contributed by atoms with Crippen LogP contribution in [0.3, 0.4) is 0 Å². The maximum absolute atomic E-state index is 13.7. The van der Waals surface area contributed by atoms with Crippen molar-refractivity contribution in [1.82, 2.24) is 10.3 Å². The Balaban J connectivity index is 1.41. The second-order valence-electron chi connectivity index (χ2n) is 10.1. The van der Waals surface area contributed by atoms with Crippen molar-refractivity contribution in [3.05, 3.63) is 47.1 Å². The van der Waals surface area contributed by atoms with Crippen molar-refractivity contribution in [2.24, 2.45) is 5.92 Å². The molecule has 1 aromatic heterocycles. The van der Waals surface area contributed by atoms with Crippen LogP contribution >= 0.6 is 11.6 Å². The Morgan fingerprint density at radius 1 is 1.18 bits per heavy atom. The summed E-state index contributed by atoms with van der Waals surface area (Å²) in [7, 11) is -3.57. The van der Waals surface area contributed by atoms with Gasteiger partial charge in [-0.3, -0.25) is 9.59 Å². The summed E-state index contributed by atoms with van der Waals surface area (Å²) in [6, 6.07) is 7.29. The number of amides is 2. The molecule has 0 spiro atoms. The molecule has 1 aliphatic heterocycles. The zero-order valence-corrected chi connectivity index (χ0v) is 22.6. The van der Waals surface area contributed by atoms with E-state index in [-0.39, 0.29) is 41.7 Å². The molecule has 2 amide bonds. The third kappa shape index (κ3) is 7.41. The number of rotatable bonds is 7. The molecule has 4 rings (SSSR count). The van der Waals surface area contributed by atoms with E-state index in [1.807, 2.05) is 4.90 Å². The number of pyridine rings is 1. The molecular weight excluding hydrogens is 538 g/mol. The average Bonchev–Trinajstić information content (AvgIpc) is 2.83. The van der Waals surface area contributed by atoms with Crippen LogP contribution in [0.5, 0.6) is 0 Å². The number of aromatic nitrogens is 1. The van der Waals surface area contributed by atoms with Gasteiger partial charge >= 0.3 is 0 Å². The molecule has 2 heterocycles. The summed E-state index contributed by atoms with van der Waals surface area (Å²) in [6.45, 7) is 1.06. The van der Waals surface area contributed by atoms with Crippen LogP contribution in [0.4, 0.5) is 20.3 Å². The van der Waals surface area contributed by atoms with Crippen molar-refractivity contribution in [2.45, 2.75) is 61.8 Å². The third-order valence-corrected chi connectivity index (χ3v) is 8.31. The average molecular weight is 569 g/mol. The Morgan fingerprint density at radius 3 is 2.58 bits per heavy atom. The first-order valence-electron chi connectivity index (χ1n) is 12.6. The van der Waals surface area contributed by atoms with Gasteiger partial charge in [0.2, 0.25) is 11.8 Å². The zero-order chi connectivity index (χ0) is 27.5. The highest BCUT2D eigenvalue weighted by Gasteiger charge is 2.37. The van der Waals surface area contributed by atoms with Crippen LogP contribution in [0.25, 0.3) is 0 Å². The Hall–Kier alpha value is -2.79. The number of sulfone groups is 1. The van der Waals surface area contributed by atoms with Gasteiger partial charge in [0.25, 0.3) is 5.91 Å². The van der Waals surface area contributed by atoms with E-state index >= 15 is 0 Å². The molecule has 38 heavy (non-hydrogen) atoms. The van der Waals surface area contributed by atoms with Crippen LogP contribution < -0.4 is 15.5 Å². The van der Waals surface area contributed by atoms with Gasteiger partial charge in [0, 0.05) is 61.4 Å². The van der Waals surface area contributed by atoms with Crippen molar-refractivity contribution >= 4 is 44.8 Å². The van der Waals surface area contributed by atoms with Crippen LogP contribution in [-0.2, 0) is 14.6 Å². The summed E-state index contributed by atoms with van der Waals surface area (Å²) in [5, 5.41) is 5.94. The van der Waals surface area contributed by atoms with Gasteiger partial charge in [-0.15, -0.1) is 0 Å². The van der Waals surface area contributed by atoms with E-state index < -0.39 is 27.7 Å². The number of anilines is 2. The Morgan fingerprint density at radius 2 is 1.92 bits per heavy atom. The Bertz CT molecular complexity index is 1300. The lowest BCUT2D eigenvalue weighted by Crippen LogP contribution is -2.43. The highest BCUT2D eigenvalue weighted by molar-refractivity contribution is 7.90. The summed E-state index contributed by atoms with van der Waals surface area (Å²) in [4.78, 5) is 31.7. The predicted molar refractivity (Wildman–Crippen MR) is 142 cm³/mol. The van der Waals surface area contributed by atoms with Crippen LogP contribution in [0.1, 0.15) is 55.3 Å². The van der Waals surface area contributed by atoms with Crippen LogP contribution in [0, 0.1) is 5.92 Å². The molecule has 2 aromatic rings. The maximum Gasteiger partial charge on any atom is 0.255 e. The van der Waals surface area contributed by atoms with Gasteiger partial charge in [-0.1, -0.05) is 17.7 Å². The minimum atomic E-state index is -3.57. The van der Waals surface area contributed by atoms with E-state index in [1.54, 1.807) is 18.2 Å². The van der Waals surface area contributed by atoms with Crippen molar-refractivity contribution in [1.29, 1.82) is 0 Å².